The van der Waals surface area contributed by atoms with Crippen LogP contribution in [-0.4, -0.2) is 18.5 Å². The van der Waals surface area contributed by atoms with Crippen LogP contribution in [0.3, 0.4) is 0 Å². The van der Waals surface area contributed by atoms with E-state index in [1.807, 2.05) is 0 Å². The van der Waals surface area contributed by atoms with Crippen LogP contribution in [0.2, 0.25) is 0 Å². The van der Waals surface area contributed by atoms with Gasteiger partial charge in [0.05, 0.1) is 6.42 Å². The smallest absolute Gasteiger partial charge is 0.224 e. The lowest BCUT2D eigenvalue weighted by molar-refractivity contribution is -0.120. The van der Waals surface area contributed by atoms with Crippen LogP contribution in [0, 0.1) is 17.0 Å². The quantitative estimate of drug-likeness (QED) is 0.872. The Hall–Kier alpha value is -1.49. The maximum absolute atomic E-state index is 13.4. The Morgan fingerprint density at radius 1 is 1.35 bits per heavy atom. The van der Waals surface area contributed by atoms with Gasteiger partial charge in [-0.05, 0) is 17.9 Å². The standard InChI is InChI=1S/C15H22F2N2O/c1-15(2,3)8-11(18)9-19-13(20)7-10-5-4-6-12(16)14(10)17/h4-6,11H,7-9,18H2,1-3H3,(H,19,20). The molecule has 0 aliphatic heterocycles. The van der Waals surface area contributed by atoms with E-state index in [4.69, 9.17) is 5.73 Å². The molecule has 0 fully saturated rings. The molecule has 1 unspecified atom stereocenters. The highest BCUT2D eigenvalue weighted by Crippen LogP contribution is 2.19. The van der Waals surface area contributed by atoms with Crippen LogP contribution in [0.25, 0.3) is 0 Å². The summed E-state index contributed by atoms with van der Waals surface area (Å²) < 4.78 is 26.4. The second-order valence-electron chi connectivity index (χ2n) is 6.22. The van der Waals surface area contributed by atoms with Crippen molar-refractivity contribution in [3.63, 3.8) is 0 Å². The predicted octanol–water partition coefficient (Wildman–Crippen LogP) is 2.39. The van der Waals surface area contributed by atoms with Crippen LogP contribution in [0.4, 0.5) is 8.78 Å². The Bertz CT molecular complexity index is 469. The summed E-state index contributed by atoms with van der Waals surface area (Å²) in [6.07, 6.45) is 0.577. The monoisotopic (exact) mass is 284 g/mol. The normalized spacial score (nSPS) is 13.1. The first-order valence-corrected chi connectivity index (χ1v) is 6.64. The Balaban J connectivity index is 2.46. The van der Waals surface area contributed by atoms with Crippen molar-refractivity contribution in [1.29, 1.82) is 0 Å². The largest absolute Gasteiger partial charge is 0.354 e. The fourth-order valence-corrected chi connectivity index (χ4v) is 2.02. The fourth-order valence-electron chi connectivity index (χ4n) is 2.02. The zero-order valence-electron chi connectivity index (χ0n) is 12.2. The van der Waals surface area contributed by atoms with Gasteiger partial charge in [0.2, 0.25) is 5.91 Å². The SMILES string of the molecule is CC(C)(C)CC(N)CNC(=O)Cc1cccc(F)c1F. The van der Waals surface area contributed by atoms with E-state index in [2.05, 4.69) is 26.1 Å². The van der Waals surface area contributed by atoms with Crippen molar-refractivity contribution in [3.05, 3.63) is 35.4 Å². The average Bonchev–Trinajstić information content (AvgIpc) is 2.30. The number of nitrogens with one attached hydrogen (secondary N) is 1. The zero-order valence-corrected chi connectivity index (χ0v) is 12.2. The molecule has 112 valence electrons. The number of hydrogen-bond donors (Lipinski definition) is 2. The summed E-state index contributed by atoms with van der Waals surface area (Å²) in [7, 11) is 0. The molecule has 0 spiro atoms. The third kappa shape index (κ3) is 5.65. The lowest BCUT2D eigenvalue weighted by atomic mass is 9.88. The van der Waals surface area contributed by atoms with E-state index in [9.17, 15) is 13.6 Å². The van der Waals surface area contributed by atoms with Gasteiger partial charge in [-0.15, -0.1) is 0 Å². The minimum absolute atomic E-state index is 0.0480. The minimum Gasteiger partial charge on any atom is -0.354 e. The van der Waals surface area contributed by atoms with Crippen molar-refractivity contribution >= 4 is 5.91 Å². The predicted molar refractivity (Wildman–Crippen MR) is 75.1 cm³/mol. The molecule has 3 nitrogen and oxygen atoms in total. The molecule has 1 amide bonds. The molecule has 1 rings (SSSR count). The molecule has 0 aliphatic carbocycles. The van der Waals surface area contributed by atoms with Gasteiger partial charge < -0.3 is 11.1 Å². The summed E-state index contributed by atoms with van der Waals surface area (Å²) in [5.74, 6) is -2.28. The molecule has 0 heterocycles. The molecule has 20 heavy (non-hydrogen) atoms. The van der Waals surface area contributed by atoms with E-state index in [-0.39, 0.29) is 29.3 Å². The van der Waals surface area contributed by atoms with Crippen LogP contribution in [-0.2, 0) is 11.2 Å². The molecular weight excluding hydrogens is 262 g/mol. The van der Waals surface area contributed by atoms with Gasteiger partial charge in [-0.25, -0.2) is 8.78 Å². The number of rotatable bonds is 5. The average molecular weight is 284 g/mol. The number of carbonyl (C=O) groups is 1. The van der Waals surface area contributed by atoms with Gasteiger partial charge in [0.25, 0.3) is 0 Å². The van der Waals surface area contributed by atoms with Gasteiger partial charge in [0.1, 0.15) is 0 Å². The van der Waals surface area contributed by atoms with Crippen molar-refractivity contribution in [3.8, 4) is 0 Å². The van der Waals surface area contributed by atoms with Crippen LogP contribution in [0.1, 0.15) is 32.8 Å². The first-order chi connectivity index (χ1) is 9.19. The molecule has 0 aromatic heterocycles. The van der Waals surface area contributed by atoms with Crippen LogP contribution >= 0.6 is 0 Å². The molecule has 0 saturated carbocycles. The second kappa shape index (κ2) is 6.79. The van der Waals surface area contributed by atoms with Crippen molar-refractivity contribution < 1.29 is 13.6 Å². The van der Waals surface area contributed by atoms with Gasteiger partial charge in [0.15, 0.2) is 11.6 Å². The number of amides is 1. The van der Waals surface area contributed by atoms with Crippen molar-refractivity contribution in [2.45, 2.75) is 39.7 Å². The summed E-state index contributed by atoms with van der Waals surface area (Å²) in [5.41, 5.74) is 6.04. The van der Waals surface area contributed by atoms with Gasteiger partial charge in [-0.3, -0.25) is 4.79 Å². The molecule has 5 heteroatoms. The third-order valence-corrected chi connectivity index (χ3v) is 2.82. The topological polar surface area (TPSA) is 55.1 Å². The molecule has 0 bridgehead atoms. The van der Waals surface area contributed by atoms with Crippen LogP contribution < -0.4 is 11.1 Å². The molecule has 0 saturated heterocycles. The van der Waals surface area contributed by atoms with E-state index >= 15 is 0 Å². The van der Waals surface area contributed by atoms with E-state index in [0.717, 1.165) is 12.5 Å². The summed E-state index contributed by atoms with van der Waals surface area (Å²) >= 11 is 0. The zero-order chi connectivity index (χ0) is 15.3. The number of hydrogen-bond acceptors (Lipinski definition) is 2. The van der Waals surface area contributed by atoms with Crippen molar-refractivity contribution in [2.75, 3.05) is 6.54 Å². The highest BCUT2D eigenvalue weighted by Gasteiger charge is 2.17. The highest BCUT2D eigenvalue weighted by atomic mass is 19.2. The Morgan fingerprint density at radius 3 is 2.60 bits per heavy atom. The number of halogens is 2. The minimum atomic E-state index is -0.971. The first kappa shape index (κ1) is 16.6. The second-order valence-corrected chi connectivity index (χ2v) is 6.22. The maximum atomic E-state index is 13.4. The first-order valence-electron chi connectivity index (χ1n) is 6.64. The fraction of sp³-hybridized carbons (Fsp3) is 0.533. The Morgan fingerprint density at radius 2 is 2.00 bits per heavy atom. The molecule has 3 N–H and O–H groups in total. The summed E-state index contributed by atoms with van der Waals surface area (Å²) in [6, 6.07) is 3.64. The molecule has 0 radical (unpaired) electrons. The lowest BCUT2D eigenvalue weighted by Gasteiger charge is -2.23. The third-order valence-electron chi connectivity index (χ3n) is 2.82. The lowest BCUT2D eigenvalue weighted by Crippen LogP contribution is -2.40. The van der Waals surface area contributed by atoms with Gasteiger partial charge in [-0.2, -0.15) is 0 Å². The Kier molecular flexibility index (Phi) is 5.62. The van der Waals surface area contributed by atoms with E-state index < -0.39 is 11.6 Å². The molecule has 0 aliphatic rings. The number of benzene rings is 1. The Labute approximate surface area is 118 Å². The number of nitrogens with two attached hydrogens (primary N) is 1. The molecule has 1 aromatic carbocycles. The van der Waals surface area contributed by atoms with E-state index in [0.29, 0.717) is 6.54 Å². The van der Waals surface area contributed by atoms with Gasteiger partial charge in [0, 0.05) is 18.2 Å². The number of carbonyl (C=O) groups excluding carboxylic acids is 1. The van der Waals surface area contributed by atoms with Crippen molar-refractivity contribution in [1.82, 2.24) is 5.32 Å². The highest BCUT2D eigenvalue weighted by molar-refractivity contribution is 5.78. The summed E-state index contributed by atoms with van der Waals surface area (Å²) in [4.78, 5) is 11.7. The van der Waals surface area contributed by atoms with E-state index in [1.165, 1.54) is 12.1 Å². The maximum Gasteiger partial charge on any atom is 0.224 e. The van der Waals surface area contributed by atoms with Gasteiger partial charge >= 0.3 is 0 Å². The molecular formula is C15H22F2N2O. The summed E-state index contributed by atoms with van der Waals surface area (Å²) in [5, 5.41) is 2.65. The van der Waals surface area contributed by atoms with Gasteiger partial charge in [-0.1, -0.05) is 32.9 Å². The van der Waals surface area contributed by atoms with E-state index in [1.54, 1.807) is 0 Å². The summed E-state index contributed by atoms with van der Waals surface area (Å²) in [6.45, 7) is 6.53. The van der Waals surface area contributed by atoms with Crippen molar-refractivity contribution in [2.24, 2.45) is 11.1 Å². The molecule has 1 aromatic rings. The molecule has 1 atom stereocenters. The van der Waals surface area contributed by atoms with Crippen LogP contribution in [0.15, 0.2) is 18.2 Å². The van der Waals surface area contributed by atoms with Crippen LogP contribution in [0.5, 0.6) is 0 Å².